The first-order valence-corrected chi connectivity index (χ1v) is 15.4. The topological polar surface area (TPSA) is 128 Å². The summed E-state index contributed by atoms with van der Waals surface area (Å²) in [6.45, 7) is 6.72. The number of hydrogen-bond donors (Lipinski definition) is 1. The van der Waals surface area contributed by atoms with Crippen molar-refractivity contribution in [3.63, 3.8) is 0 Å². The van der Waals surface area contributed by atoms with E-state index in [9.17, 15) is 19.5 Å². The molecule has 1 fully saturated rings. The van der Waals surface area contributed by atoms with Gasteiger partial charge in [-0.25, -0.2) is 14.8 Å². The molecule has 2 aromatic heterocycles. The van der Waals surface area contributed by atoms with Crippen LogP contribution in [0.15, 0.2) is 42.5 Å². The summed E-state index contributed by atoms with van der Waals surface area (Å²) in [5.41, 5.74) is 3.76. The fraction of sp³-hybridized carbons (Fsp3) is 0.353. The third-order valence-corrected chi connectivity index (χ3v) is 9.04. The maximum absolute atomic E-state index is 13.7. The number of amides is 4. The lowest BCUT2D eigenvalue weighted by Gasteiger charge is -2.37. The number of para-hydroxylation sites is 1. The Kier molecular flexibility index (Phi) is 7.21. The van der Waals surface area contributed by atoms with E-state index >= 15 is 0 Å². The standard InChI is InChI=1S/C34H34N8O4/c1-5-6-16-40-28-29(38(4)34(46)41(32(28)45)19-27-35-21(3)23-11-7-8-12-26(23)36-27)37-33(40)39-15-9-10-22(18-39)42-30(43)24-14-13-20(2)17-25(24)31(42)44/h7-8,11-14,17,22,32,45H,9-10,15-16,18-19H2,1-4H3. The average molecular weight is 619 g/mol. The van der Waals surface area contributed by atoms with E-state index in [0.29, 0.717) is 53.9 Å². The fourth-order valence-corrected chi connectivity index (χ4v) is 6.76. The third kappa shape index (κ3) is 4.66. The van der Waals surface area contributed by atoms with Gasteiger partial charge in [-0.15, -0.1) is 5.92 Å². The molecule has 1 N–H and O–H groups in total. The Morgan fingerprint density at radius 3 is 2.59 bits per heavy atom. The molecule has 2 unspecified atom stereocenters. The maximum Gasteiger partial charge on any atom is 0.328 e. The minimum atomic E-state index is -1.34. The molecule has 0 radical (unpaired) electrons. The van der Waals surface area contributed by atoms with E-state index in [0.717, 1.165) is 28.6 Å². The van der Waals surface area contributed by atoms with E-state index in [-0.39, 0.29) is 30.9 Å². The van der Waals surface area contributed by atoms with Gasteiger partial charge in [0.05, 0.1) is 35.8 Å². The summed E-state index contributed by atoms with van der Waals surface area (Å²) in [7, 11) is 1.62. The molecule has 0 aliphatic carbocycles. The zero-order chi connectivity index (χ0) is 32.3. The van der Waals surface area contributed by atoms with Gasteiger partial charge in [0.2, 0.25) is 5.95 Å². The second kappa shape index (κ2) is 11.3. The number of rotatable bonds is 5. The van der Waals surface area contributed by atoms with Crippen molar-refractivity contribution in [3.8, 4) is 11.8 Å². The predicted octanol–water partition coefficient (Wildman–Crippen LogP) is 3.79. The minimum Gasteiger partial charge on any atom is -0.368 e. The molecule has 0 bridgehead atoms. The highest BCUT2D eigenvalue weighted by atomic mass is 16.3. The van der Waals surface area contributed by atoms with Crippen LogP contribution in [0, 0.1) is 25.7 Å². The van der Waals surface area contributed by atoms with Crippen molar-refractivity contribution in [1.29, 1.82) is 0 Å². The number of urea groups is 1. The highest BCUT2D eigenvalue weighted by molar-refractivity contribution is 6.21. The van der Waals surface area contributed by atoms with Crippen LogP contribution in [-0.2, 0) is 13.1 Å². The molecule has 7 rings (SSSR count). The number of aromatic nitrogens is 4. The molecule has 3 aliphatic rings. The number of imide groups is 1. The summed E-state index contributed by atoms with van der Waals surface area (Å²) in [5, 5.41) is 12.7. The van der Waals surface area contributed by atoms with Crippen molar-refractivity contribution >= 4 is 40.5 Å². The number of fused-ring (bicyclic) bond motifs is 3. The van der Waals surface area contributed by atoms with Crippen LogP contribution in [0.3, 0.4) is 0 Å². The minimum absolute atomic E-state index is 0.0135. The SMILES string of the molecule is CC#CCn1c(N2CCCC(N3C(=O)c4ccc(C)cc4C3=O)C2)nc2c1C(O)N(Cc1nc(C)c3ccccc3n1)C(=O)N2C. The summed E-state index contributed by atoms with van der Waals surface area (Å²) in [5.74, 6) is 6.70. The normalized spacial score (nSPS) is 19.5. The summed E-state index contributed by atoms with van der Waals surface area (Å²) in [6, 6.07) is 12.2. The number of carbonyl (C=O) groups is 3. The highest BCUT2D eigenvalue weighted by Crippen LogP contribution is 2.39. The lowest BCUT2D eigenvalue weighted by Crippen LogP contribution is -2.50. The van der Waals surface area contributed by atoms with Crippen LogP contribution in [0.2, 0.25) is 0 Å². The Labute approximate surface area is 266 Å². The molecule has 1 saturated heterocycles. The molecular formula is C34H34N8O4. The van der Waals surface area contributed by atoms with Crippen molar-refractivity contribution in [2.24, 2.45) is 0 Å². The average Bonchev–Trinajstić information content (AvgIpc) is 3.55. The van der Waals surface area contributed by atoms with Crippen LogP contribution >= 0.6 is 0 Å². The summed E-state index contributed by atoms with van der Waals surface area (Å²) in [6.07, 6.45) is 0.0424. The number of aliphatic hydroxyl groups is 1. The maximum atomic E-state index is 13.7. The largest absolute Gasteiger partial charge is 0.368 e. The van der Waals surface area contributed by atoms with Gasteiger partial charge in [0.15, 0.2) is 12.0 Å². The lowest BCUT2D eigenvalue weighted by atomic mass is 10.0. The van der Waals surface area contributed by atoms with Crippen LogP contribution in [0.4, 0.5) is 16.6 Å². The van der Waals surface area contributed by atoms with Gasteiger partial charge in [-0.1, -0.05) is 35.7 Å². The molecule has 4 amide bonds. The van der Waals surface area contributed by atoms with Gasteiger partial charge < -0.3 is 10.0 Å². The Balaban J connectivity index is 1.22. The zero-order valence-corrected chi connectivity index (χ0v) is 26.2. The number of aryl methyl sites for hydroxylation is 2. The van der Waals surface area contributed by atoms with E-state index < -0.39 is 12.3 Å². The number of benzene rings is 2. The first kappa shape index (κ1) is 29.4. The first-order chi connectivity index (χ1) is 22.2. The number of piperidine rings is 1. The highest BCUT2D eigenvalue weighted by Gasteiger charge is 2.44. The van der Waals surface area contributed by atoms with Gasteiger partial charge in [-0.05, 0) is 51.8 Å². The van der Waals surface area contributed by atoms with Crippen LogP contribution in [-0.4, -0.2) is 78.4 Å². The number of imidazole rings is 1. The van der Waals surface area contributed by atoms with E-state index in [1.165, 1.54) is 14.7 Å². The molecule has 12 nitrogen and oxygen atoms in total. The Bertz CT molecular complexity index is 1990. The number of carbonyl (C=O) groups excluding carboxylic acids is 3. The number of hydrogen-bond acceptors (Lipinski definition) is 8. The number of aliphatic hydroxyl groups excluding tert-OH is 1. The van der Waals surface area contributed by atoms with Gasteiger partial charge in [0, 0.05) is 31.2 Å². The van der Waals surface area contributed by atoms with Gasteiger partial charge in [-0.2, -0.15) is 4.98 Å². The zero-order valence-electron chi connectivity index (χ0n) is 26.2. The van der Waals surface area contributed by atoms with Gasteiger partial charge in [0.1, 0.15) is 11.5 Å². The fourth-order valence-electron chi connectivity index (χ4n) is 6.76. The number of nitrogens with zero attached hydrogens (tertiary/aromatic N) is 8. The van der Waals surface area contributed by atoms with Gasteiger partial charge in [-0.3, -0.25) is 28.9 Å². The second-order valence-corrected chi connectivity index (χ2v) is 12.0. The van der Waals surface area contributed by atoms with Crippen molar-refractivity contribution in [3.05, 3.63) is 76.4 Å². The monoisotopic (exact) mass is 618 g/mol. The molecule has 2 atom stereocenters. The van der Waals surface area contributed by atoms with Crippen molar-refractivity contribution in [2.75, 3.05) is 29.9 Å². The molecule has 46 heavy (non-hydrogen) atoms. The molecule has 0 saturated carbocycles. The molecule has 12 heteroatoms. The molecule has 3 aliphatic heterocycles. The van der Waals surface area contributed by atoms with E-state index in [4.69, 9.17) is 4.98 Å². The Morgan fingerprint density at radius 1 is 1.00 bits per heavy atom. The van der Waals surface area contributed by atoms with Gasteiger partial charge >= 0.3 is 6.03 Å². The van der Waals surface area contributed by atoms with Gasteiger partial charge in [0.25, 0.3) is 11.8 Å². The van der Waals surface area contributed by atoms with Crippen LogP contribution in [0.25, 0.3) is 10.9 Å². The summed E-state index contributed by atoms with van der Waals surface area (Å²) in [4.78, 5) is 60.8. The first-order valence-electron chi connectivity index (χ1n) is 15.4. The van der Waals surface area contributed by atoms with E-state index in [2.05, 4.69) is 21.8 Å². The van der Waals surface area contributed by atoms with E-state index in [1.54, 1.807) is 26.1 Å². The molecule has 0 spiro atoms. The Morgan fingerprint density at radius 2 is 1.78 bits per heavy atom. The molecular weight excluding hydrogens is 584 g/mol. The molecule has 2 aromatic carbocycles. The van der Waals surface area contributed by atoms with Crippen molar-refractivity contribution in [2.45, 2.75) is 59.0 Å². The summed E-state index contributed by atoms with van der Waals surface area (Å²) < 4.78 is 1.83. The Hall–Kier alpha value is -5.28. The smallest absolute Gasteiger partial charge is 0.328 e. The van der Waals surface area contributed by atoms with Crippen LogP contribution in [0.1, 0.15) is 69.5 Å². The summed E-state index contributed by atoms with van der Waals surface area (Å²) >= 11 is 0. The van der Waals surface area contributed by atoms with Crippen LogP contribution in [0.5, 0.6) is 0 Å². The van der Waals surface area contributed by atoms with Crippen molar-refractivity contribution in [1.82, 2.24) is 29.3 Å². The number of anilines is 2. The predicted molar refractivity (Wildman–Crippen MR) is 171 cm³/mol. The van der Waals surface area contributed by atoms with Crippen molar-refractivity contribution < 1.29 is 19.5 Å². The molecule has 234 valence electrons. The third-order valence-electron chi connectivity index (χ3n) is 9.04. The quantitative estimate of drug-likeness (QED) is 0.264. The molecule has 4 aromatic rings. The van der Waals surface area contributed by atoms with Crippen LogP contribution < -0.4 is 9.80 Å². The molecule has 5 heterocycles. The lowest BCUT2D eigenvalue weighted by molar-refractivity contribution is 0.0160. The van der Waals surface area contributed by atoms with E-state index in [1.807, 2.05) is 53.6 Å². The second-order valence-electron chi connectivity index (χ2n) is 12.0.